The van der Waals surface area contributed by atoms with Gasteiger partial charge in [-0.25, -0.2) is 0 Å². The Morgan fingerprint density at radius 1 is 1.33 bits per heavy atom. The molecule has 2 fully saturated rings. The number of hydrogen-bond donors (Lipinski definition) is 2. The quantitative estimate of drug-likeness (QED) is 0.876. The average Bonchev–Trinajstić information content (AvgIpc) is 2.96. The maximum Gasteiger partial charge on any atom is 0.227 e. The Kier molecular flexibility index (Phi) is 5.11. The molecule has 2 heterocycles. The molecule has 5 nitrogen and oxygen atoms in total. The van der Waals surface area contributed by atoms with Crippen molar-refractivity contribution in [3.63, 3.8) is 0 Å². The number of anilines is 1. The predicted octanol–water partition coefficient (Wildman–Crippen LogP) is 2.20. The lowest BCUT2D eigenvalue weighted by atomic mass is 9.81. The van der Waals surface area contributed by atoms with Crippen LogP contribution >= 0.6 is 11.6 Å². The third-order valence-corrected chi connectivity index (χ3v) is 5.39. The van der Waals surface area contributed by atoms with Gasteiger partial charge in [-0.3, -0.25) is 9.59 Å². The number of hydrogen-bond acceptors (Lipinski definition) is 3. The SMILES string of the molecule is CC1(CNC(=O)C2CC(=O)N(c3ccc(Cl)cc3)C2)CCNCC1. The minimum Gasteiger partial charge on any atom is -0.355 e. The van der Waals surface area contributed by atoms with Crippen LogP contribution in [0.1, 0.15) is 26.2 Å². The van der Waals surface area contributed by atoms with E-state index in [0.29, 0.717) is 18.1 Å². The summed E-state index contributed by atoms with van der Waals surface area (Å²) < 4.78 is 0. The molecule has 0 aliphatic carbocycles. The maximum absolute atomic E-state index is 12.5. The Morgan fingerprint density at radius 2 is 2.00 bits per heavy atom. The molecular weight excluding hydrogens is 326 g/mol. The molecule has 1 unspecified atom stereocenters. The van der Waals surface area contributed by atoms with E-state index in [-0.39, 0.29) is 29.6 Å². The van der Waals surface area contributed by atoms with Crippen LogP contribution in [-0.4, -0.2) is 38.0 Å². The molecule has 2 N–H and O–H groups in total. The molecule has 0 aromatic heterocycles. The highest BCUT2D eigenvalue weighted by atomic mass is 35.5. The van der Waals surface area contributed by atoms with Gasteiger partial charge in [0.15, 0.2) is 0 Å². The van der Waals surface area contributed by atoms with Gasteiger partial charge in [0.05, 0.1) is 5.92 Å². The van der Waals surface area contributed by atoms with Crippen molar-refractivity contribution >= 4 is 29.1 Å². The van der Waals surface area contributed by atoms with Crippen LogP contribution in [0.3, 0.4) is 0 Å². The van der Waals surface area contributed by atoms with Gasteiger partial charge in [-0.05, 0) is 55.6 Å². The topological polar surface area (TPSA) is 61.4 Å². The Morgan fingerprint density at radius 3 is 2.67 bits per heavy atom. The Hall–Kier alpha value is -1.59. The highest BCUT2D eigenvalue weighted by Crippen LogP contribution is 2.28. The van der Waals surface area contributed by atoms with E-state index in [9.17, 15) is 9.59 Å². The molecule has 2 amide bonds. The molecule has 1 atom stereocenters. The van der Waals surface area contributed by atoms with Crippen molar-refractivity contribution in [2.24, 2.45) is 11.3 Å². The number of rotatable bonds is 4. The highest BCUT2D eigenvalue weighted by Gasteiger charge is 2.36. The van der Waals surface area contributed by atoms with Crippen LogP contribution in [0, 0.1) is 11.3 Å². The summed E-state index contributed by atoms with van der Waals surface area (Å²) in [7, 11) is 0. The second kappa shape index (κ2) is 7.11. The molecule has 1 aromatic carbocycles. The molecule has 3 rings (SSSR count). The number of nitrogens with zero attached hydrogens (tertiary/aromatic N) is 1. The molecule has 6 heteroatoms. The molecular formula is C18H24ClN3O2. The molecule has 0 radical (unpaired) electrons. The minimum atomic E-state index is -0.279. The third-order valence-electron chi connectivity index (χ3n) is 5.13. The predicted molar refractivity (Wildman–Crippen MR) is 95.1 cm³/mol. The fraction of sp³-hybridized carbons (Fsp3) is 0.556. The van der Waals surface area contributed by atoms with Crippen molar-refractivity contribution in [2.45, 2.75) is 26.2 Å². The fourth-order valence-corrected chi connectivity index (χ4v) is 3.53. The van der Waals surface area contributed by atoms with E-state index in [1.54, 1.807) is 17.0 Å². The van der Waals surface area contributed by atoms with Gasteiger partial charge in [0.25, 0.3) is 0 Å². The second-order valence-corrected chi connectivity index (χ2v) is 7.60. The minimum absolute atomic E-state index is 0.00875. The largest absolute Gasteiger partial charge is 0.355 e. The van der Waals surface area contributed by atoms with Crippen molar-refractivity contribution in [3.8, 4) is 0 Å². The number of carbonyl (C=O) groups is 2. The summed E-state index contributed by atoms with van der Waals surface area (Å²) in [5.74, 6) is -0.302. The molecule has 0 saturated carbocycles. The van der Waals surface area contributed by atoms with Gasteiger partial charge >= 0.3 is 0 Å². The standard InChI is InChI=1S/C18H24ClN3O2/c1-18(6-8-20-9-7-18)12-21-17(24)13-10-16(23)22(11-13)15-4-2-14(19)3-5-15/h2-5,13,20H,6-12H2,1H3,(H,21,24). The van der Waals surface area contributed by atoms with Crippen LogP contribution in [0.5, 0.6) is 0 Å². The van der Waals surface area contributed by atoms with E-state index < -0.39 is 0 Å². The Bertz CT molecular complexity index is 611. The van der Waals surface area contributed by atoms with Crippen LogP contribution in [0.25, 0.3) is 0 Å². The number of piperidine rings is 1. The fourth-order valence-electron chi connectivity index (χ4n) is 3.41. The zero-order valence-corrected chi connectivity index (χ0v) is 14.7. The number of halogens is 1. The first-order valence-corrected chi connectivity index (χ1v) is 8.89. The smallest absolute Gasteiger partial charge is 0.227 e. The molecule has 2 aliphatic rings. The average molecular weight is 350 g/mol. The van der Waals surface area contributed by atoms with Crippen LogP contribution in [-0.2, 0) is 9.59 Å². The van der Waals surface area contributed by atoms with Gasteiger partial charge in [0.1, 0.15) is 0 Å². The van der Waals surface area contributed by atoms with Gasteiger partial charge in [0, 0.05) is 30.2 Å². The summed E-state index contributed by atoms with van der Waals surface area (Å²) in [4.78, 5) is 26.4. The number of nitrogens with one attached hydrogen (secondary N) is 2. The lowest BCUT2D eigenvalue weighted by Gasteiger charge is -2.34. The van der Waals surface area contributed by atoms with Gasteiger partial charge in [-0.1, -0.05) is 18.5 Å². The van der Waals surface area contributed by atoms with E-state index in [2.05, 4.69) is 17.6 Å². The van der Waals surface area contributed by atoms with Crippen LogP contribution in [0.15, 0.2) is 24.3 Å². The Balaban J connectivity index is 1.56. The monoisotopic (exact) mass is 349 g/mol. The van der Waals surface area contributed by atoms with E-state index in [1.165, 1.54) is 0 Å². The summed E-state index contributed by atoms with van der Waals surface area (Å²) >= 11 is 5.89. The molecule has 24 heavy (non-hydrogen) atoms. The number of benzene rings is 1. The van der Waals surface area contributed by atoms with E-state index in [0.717, 1.165) is 31.6 Å². The van der Waals surface area contributed by atoms with Crippen molar-refractivity contribution in [3.05, 3.63) is 29.3 Å². The second-order valence-electron chi connectivity index (χ2n) is 7.16. The first kappa shape index (κ1) is 17.2. The van der Waals surface area contributed by atoms with Crippen molar-refractivity contribution in [2.75, 3.05) is 31.1 Å². The highest BCUT2D eigenvalue weighted by molar-refractivity contribution is 6.30. The Labute approximate surface area is 147 Å². The molecule has 130 valence electrons. The van der Waals surface area contributed by atoms with Gasteiger partial charge in [-0.2, -0.15) is 0 Å². The van der Waals surface area contributed by atoms with Gasteiger partial charge in [0.2, 0.25) is 11.8 Å². The molecule has 0 bridgehead atoms. The molecule has 0 spiro atoms. The summed E-state index contributed by atoms with van der Waals surface area (Å²) in [6.45, 7) is 5.33. The van der Waals surface area contributed by atoms with Crippen LogP contribution in [0.4, 0.5) is 5.69 Å². The first-order chi connectivity index (χ1) is 11.5. The molecule has 1 aromatic rings. The lowest BCUT2D eigenvalue weighted by molar-refractivity contribution is -0.126. The molecule has 2 saturated heterocycles. The normalized spacial score (nSPS) is 23.3. The first-order valence-electron chi connectivity index (χ1n) is 8.51. The number of carbonyl (C=O) groups excluding carboxylic acids is 2. The van der Waals surface area contributed by atoms with Gasteiger partial charge in [-0.15, -0.1) is 0 Å². The van der Waals surface area contributed by atoms with E-state index in [1.807, 2.05) is 12.1 Å². The summed E-state index contributed by atoms with van der Waals surface area (Å²) in [6.07, 6.45) is 2.40. The maximum atomic E-state index is 12.5. The van der Waals surface area contributed by atoms with Crippen LogP contribution in [0.2, 0.25) is 5.02 Å². The van der Waals surface area contributed by atoms with E-state index in [4.69, 9.17) is 11.6 Å². The van der Waals surface area contributed by atoms with Crippen molar-refractivity contribution in [1.29, 1.82) is 0 Å². The molecule has 2 aliphatic heterocycles. The summed E-state index contributed by atoms with van der Waals surface area (Å²) in [5, 5.41) is 7.05. The zero-order chi connectivity index (χ0) is 17.2. The number of amides is 2. The summed E-state index contributed by atoms with van der Waals surface area (Å²) in [5.41, 5.74) is 0.948. The van der Waals surface area contributed by atoms with Crippen molar-refractivity contribution < 1.29 is 9.59 Å². The lowest BCUT2D eigenvalue weighted by Crippen LogP contribution is -2.44. The zero-order valence-electron chi connectivity index (χ0n) is 14.0. The summed E-state index contributed by atoms with van der Waals surface area (Å²) in [6, 6.07) is 7.15. The van der Waals surface area contributed by atoms with E-state index >= 15 is 0 Å². The van der Waals surface area contributed by atoms with Crippen molar-refractivity contribution in [1.82, 2.24) is 10.6 Å². The third kappa shape index (κ3) is 3.90. The van der Waals surface area contributed by atoms with Gasteiger partial charge < -0.3 is 15.5 Å². The van der Waals surface area contributed by atoms with Crippen LogP contribution < -0.4 is 15.5 Å².